The lowest BCUT2D eigenvalue weighted by molar-refractivity contribution is -0.242. The number of nitrogens with one attached hydrogen (secondary N) is 4. The summed E-state index contributed by atoms with van der Waals surface area (Å²) in [7, 11) is -9.06. The van der Waals surface area contributed by atoms with Gasteiger partial charge in [-0.15, -0.1) is 0 Å². The molecule has 3 aromatic carbocycles. The number of anilines is 3. The van der Waals surface area contributed by atoms with Crippen LogP contribution in [0.5, 0.6) is 0 Å². The summed E-state index contributed by atoms with van der Waals surface area (Å²) in [5, 5.41) is 42.4. The van der Waals surface area contributed by atoms with Crippen molar-refractivity contribution >= 4 is 129 Å². The van der Waals surface area contributed by atoms with E-state index in [-0.39, 0.29) is 92.1 Å². The predicted octanol–water partition coefficient (Wildman–Crippen LogP) is 5.55. The van der Waals surface area contributed by atoms with E-state index in [9.17, 15) is 89.2 Å². The van der Waals surface area contributed by atoms with E-state index < -0.39 is 171 Å². The molecule has 4 aliphatic carbocycles. The van der Waals surface area contributed by atoms with Gasteiger partial charge in [0.05, 0.1) is 78.5 Å². The molecule has 0 radical (unpaired) electrons. The molecule has 2 saturated heterocycles. The Balaban J connectivity index is 0.686. The van der Waals surface area contributed by atoms with Crippen LogP contribution in [-0.4, -0.2) is 244 Å². The summed E-state index contributed by atoms with van der Waals surface area (Å²) in [4.78, 5) is 153. The number of aliphatic hydroxyl groups is 1. The van der Waals surface area contributed by atoms with Gasteiger partial charge in [-0.3, -0.25) is 57.9 Å². The number of aliphatic imine (C=N–C) groups is 1. The summed E-state index contributed by atoms with van der Waals surface area (Å²) in [5.41, 5.74) is 9.79. The number of imide groups is 1. The molecule has 2 aromatic heterocycles. The van der Waals surface area contributed by atoms with Crippen molar-refractivity contribution in [3.63, 3.8) is 0 Å². The lowest BCUT2D eigenvalue weighted by atomic mass is 9.39. The third-order valence-corrected chi connectivity index (χ3v) is 25.3. The van der Waals surface area contributed by atoms with Gasteiger partial charge in [0.1, 0.15) is 24.5 Å². The first-order valence-electron chi connectivity index (χ1n) is 38.9. The molecule has 8 amide bonds. The van der Waals surface area contributed by atoms with Crippen LogP contribution in [0.25, 0.3) is 15.8 Å². The van der Waals surface area contributed by atoms with Gasteiger partial charge in [0.2, 0.25) is 23.6 Å². The van der Waals surface area contributed by atoms with Crippen LogP contribution in [0.1, 0.15) is 147 Å². The molecule has 4 aliphatic heterocycles. The minimum atomic E-state index is -4.63. The zero-order valence-corrected chi connectivity index (χ0v) is 68.3. The average Bonchev–Trinajstić information content (AvgIpc) is 0.714. The molecular formula is C80H98N12O23S3. The third-order valence-electron chi connectivity index (χ3n) is 22.9. The van der Waals surface area contributed by atoms with Crippen molar-refractivity contribution in [3.05, 3.63) is 130 Å². The highest BCUT2D eigenvalue weighted by Gasteiger charge is 2.66. The number of hydrogen-bond donors (Lipinski definition) is 10. The van der Waals surface area contributed by atoms with Crippen molar-refractivity contribution in [1.82, 2.24) is 35.3 Å². The smallest absolute Gasteiger partial charge is 0.410 e. The number of aryl methyl sites for hydroxylation is 1. The van der Waals surface area contributed by atoms with Gasteiger partial charge in [-0.2, -0.15) is 16.8 Å². The Morgan fingerprint density at radius 2 is 1.55 bits per heavy atom. The number of aliphatic carboxylic acids is 1. The minimum Gasteiger partial charge on any atom is -0.479 e. The van der Waals surface area contributed by atoms with E-state index in [0.717, 1.165) is 67.5 Å². The van der Waals surface area contributed by atoms with Gasteiger partial charge >= 0.3 is 18.0 Å². The molecule has 118 heavy (non-hydrogen) atoms. The van der Waals surface area contributed by atoms with Crippen molar-refractivity contribution in [2.75, 3.05) is 86.1 Å². The molecule has 38 heteroatoms. The topological polar surface area (TPSA) is 502 Å². The van der Waals surface area contributed by atoms with Gasteiger partial charge in [-0.05, 0) is 158 Å². The number of hydrogen-bond acceptors (Lipinski definition) is 25. The Morgan fingerprint density at radius 3 is 2.24 bits per heavy atom. The van der Waals surface area contributed by atoms with Crippen LogP contribution in [0.2, 0.25) is 0 Å². The highest BCUT2D eigenvalue weighted by atomic mass is 32.2. The van der Waals surface area contributed by atoms with Gasteiger partial charge in [-0.25, -0.2) is 24.4 Å². The van der Waals surface area contributed by atoms with Crippen LogP contribution in [0.15, 0.2) is 96.1 Å². The standard InChI is InChI=1S/C80H98N12O23S3/c1-46(2)68(87-65(95)36-91-52(38-112-26-28-118(109,110)111)30-60(72(91)100)92-66(96)19-20-67(92)97)71(99)82-34-64(94)84-51-15-13-50(49(29-51)14-16-54-31-53(93)32-61(115-54)73(101)102)37-113-76(105)89(24-27-117(106,107)108)23-25-114-80-42-77(4)39-78(5,43-80)41-79(40-77,44-80)45-83-47(3)57(33-81)55-17-18-63(86-69(55)74(103)104)90-22-21-48-9-8-10-56(58(48)35-90)70(98)88-75-85-59-11-6-7-12-62(59)116-75/h6-13,15,17-20,29,33,46,52-54,60-61,68,93H,14,16,21-28,30-32,34-45,81H2,1-5H3,(H,82,99)(H,84,94)(H,87,95)(H,101,102)(H,103,104)(H,85,88,98)(H,106,107,108)(H,109,110,111)/t52-,53+,54-,60-,61-,68-,77?,78?,79?,80?/m0/s1. The number of amides is 8. The molecule has 5 aromatic rings. The molecule has 6 fully saturated rings. The fraction of sp³-hybridized carbons (Fsp3) is 0.512. The lowest BCUT2D eigenvalue weighted by Crippen LogP contribution is -2.64. The number of aliphatic hydroxyl groups excluding tert-OH is 1. The Hall–Kier alpha value is -10.2. The maximum absolute atomic E-state index is 14.4. The number of benzene rings is 3. The number of aromatic nitrogens is 2. The number of nitrogens with zero attached hydrogens (tertiary/aromatic N) is 7. The highest BCUT2D eigenvalue weighted by Crippen LogP contribution is 2.72. The first-order valence-corrected chi connectivity index (χ1v) is 43.0. The molecule has 4 bridgehead atoms. The summed E-state index contributed by atoms with van der Waals surface area (Å²) in [6, 6.07) is 17.6. The maximum atomic E-state index is 14.4. The van der Waals surface area contributed by atoms with Crippen LogP contribution in [0.4, 0.5) is 21.4 Å². The molecule has 35 nitrogen and oxygen atoms in total. The molecule has 13 rings (SSSR count). The number of rotatable bonds is 35. The van der Waals surface area contributed by atoms with E-state index >= 15 is 0 Å². The normalized spacial score (nSPS) is 24.6. The van der Waals surface area contributed by atoms with Crippen molar-refractivity contribution in [2.45, 2.75) is 167 Å². The van der Waals surface area contributed by atoms with E-state index in [0.29, 0.717) is 77.7 Å². The van der Waals surface area contributed by atoms with Crippen molar-refractivity contribution in [2.24, 2.45) is 32.9 Å². The number of nitrogens with two attached hydrogens (primary N) is 1. The fourth-order valence-electron chi connectivity index (χ4n) is 18.8. The monoisotopic (exact) mass is 1690 g/mol. The maximum Gasteiger partial charge on any atom is 0.410 e. The predicted molar refractivity (Wildman–Crippen MR) is 430 cm³/mol. The second-order valence-corrected chi connectivity index (χ2v) is 37.0. The van der Waals surface area contributed by atoms with E-state index in [1.807, 2.05) is 41.3 Å². The molecule has 634 valence electrons. The van der Waals surface area contributed by atoms with Crippen LogP contribution < -0.4 is 31.9 Å². The number of likely N-dealkylation sites (tertiary alicyclic amines) is 1. The van der Waals surface area contributed by atoms with Crippen LogP contribution in [0, 0.1) is 22.2 Å². The number of pyridine rings is 1. The Morgan fingerprint density at radius 1 is 0.822 bits per heavy atom. The Bertz CT molecular complexity index is 5040. The van der Waals surface area contributed by atoms with E-state index in [4.69, 9.17) is 34.7 Å². The quantitative estimate of drug-likeness (QED) is 0.0103. The first-order chi connectivity index (χ1) is 55.8. The lowest BCUT2D eigenvalue weighted by Gasteiger charge is -2.69. The molecule has 0 spiro atoms. The third kappa shape index (κ3) is 21.1. The van der Waals surface area contributed by atoms with Gasteiger partial charge in [-0.1, -0.05) is 69.4 Å². The number of carbonyl (C=O) groups excluding carboxylic acids is 8. The number of carboxylic acid groups (broad SMARTS) is 2. The first kappa shape index (κ1) is 87.1. The summed E-state index contributed by atoms with van der Waals surface area (Å²) >= 11 is 1.37. The molecular weight excluding hydrogens is 1590 g/mol. The summed E-state index contributed by atoms with van der Waals surface area (Å²) in [5.74, 6) is -9.47. The molecule has 8 aliphatic rings. The van der Waals surface area contributed by atoms with Crippen LogP contribution >= 0.6 is 11.3 Å². The van der Waals surface area contributed by atoms with Gasteiger partial charge in [0.15, 0.2) is 16.9 Å². The molecule has 2 unspecified atom stereocenters. The number of para-hydroxylation sites is 1. The van der Waals surface area contributed by atoms with E-state index in [1.165, 1.54) is 29.7 Å². The summed E-state index contributed by atoms with van der Waals surface area (Å²) < 4.78 is 91.5. The highest BCUT2D eigenvalue weighted by molar-refractivity contribution is 7.86. The van der Waals surface area contributed by atoms with Crippen molar-refractivity contribution in [1.29, 1.82) is 0 Å². The SMILES string of the molecule is CC(=NCC12CC3(C)CC(C)(C1)CC(OCCN(CCS(=O)(=O)O)C(=O)OCc1ccc(NC(=O)CNC(=O)[C@@H](NC(=O)CN4C(=O)[C@@H](N5C(=O)C=CC5=O)C[C@H]4COCCS(=O)(=O)O)C(C)C)cc1CC[C@H]1C[C@@H](O)C[C@@H](C(=O)O)O1)(C3)C2)C(=CN)c1ccc(N2CCc3cccc(C(=O)Nc4nc5ccccc5s4)c3C2)nc1C(=O)O. The van der Waals surface area contributed by atoms with Crippen molar-refractivity contribution in [3.8, 4) is 0 Å². The molecule has 4 saturated carbocycles. The van der Waals surface area contributed by atoms with E-state index in [1.54, 1.807) is 45.0 Å². The van der Waals surface area contributed by atoms with Gasteiger partial charge < -0.3 is 70.7 Å². The number of fused-ring (bicyclic) bond motifs is 2. The second-order valence-electron chi connectivity index (χ2n) is 32.8. The number of carbonyl (C=O) groups is 10. The average molecular weight is 1690 g/mol. The largest absolute Gasteiger partial charge is 0.479 e. The van der Waals surface area contributed by atoms with Gasteiger partial charge in [0, 0.05) is 92.0 Å². The van der Waals surface area contributed by atoms with Gasteiger partial charge in [0.25, 0.3) is 38.0 Å². The Kier molecular flexibility index (Phi) is 26.4. The Labute approximate surface area is 685 Å². The molecule has 6 heterocycles. The van der Waals surface area contributed by atoms with Crippen LogP contribution in [0.3, 0.4) is 0 Å². The minimum absolute atomic E-state index is 0.0760. The second kappa shape index (κ2) is 35.8. The number of allylic oxidation sites excluding steroid dienone is 1. The number of thiazole rings is 1. The summed E-state index contributed by atoms with van der Waals surface area (Å²) in [6.45, 7) is 7.18. The molecule has 11 N–H and O–H groups in total. The molecule has 8 atom stereocenters. The zero-order valence-electron chi connectivity index (χ0n) is 65.9. The van der Waals surface area contributed by atoms with Crippen LogP contribution in [-0.2, 0) is 98.7 Å². The number of ether oxygens (including phenoxy) is 4. The zero-order chi connectivity index (χ0) is 85.0. The van der Waals surface area contributed by atoms with E-state index in [2.05, 4.69) is 40.1 Å². The summed E-state index contributed by atoms with van der Waals surface area (Å²) in [6.07, 6.45) is 4.29. The number of aromatic carboxylic acids is 1. The van der Waals surface area contributed by atoms with Crippen molar-refractivity contribution < 1.29 is 108 Å². The fourth-order valence-corrected chi connectivity index (χ4v) is 20.4. The number of carboxylic acids is 2.